The molecule has 1 aromatic rings. The Morgan fingerprint density at radius 1 is 1.27 bits per heavy atom. The molecule has 2 rings (SSSR count). The molecular formula is C27H32N2O8. The summed E-state index contributed by atoms with van der Waals surface area (Å²) < 4.78 is 10.9. The van der Waals surface area contributed by atoms with E-state index in [2.05, 4.69) is 15.3 Å². The number of carbonyl (C=O) groups is 3. The molecule has 37 heavy (non-hydrogen) atoms. The van der Waals surface area contributed by atoms with Crippen LogP contribution in [0.25, 0.3) is 0 Å². The zero-order valence-electron chi connectivity index (χ0n) is 21.0. The first kappa shape index (κ1) is 29.1. The van der Waals surface area contributed by atoms with Crippen LogP contribution in [0.15, 0.2) is 71.6 Å². The van der Waals surface area contributed by atoms with E-state index >= 15 is 0 Å². The summed E-state index contributed by atoms with van der Waals surface area (Å²) in [4.78, 5) is 41.9. The first-order valence-corrected chi connectivity index (χ1v) is 11.6. The van der Waals surface area contributed by atoms with Gasteiger partial charge in [0.1, 0.15) is 30.6 Å². The van der Waals surface area contributed by atoms with Gasteiger partial charge in [0, 0.05) is 18.7 Å². The fraction of sp³-hybridized carbons (Fsp3) is 0.333. The van der Waals surface area contributed by atoms with Crippen LogP contribution in [0.4, 0.5) is 0 Å². The van der Waals surface area contributed by atoms with E-state index in [0.717, 1.165) is 0 Å². The summed E-state index contributed by atoms with van der Waals surface area (Å²) in [5.74, 6) is -2.12. The van der Waals surface area contributed by atoms with E-state index in [9.17, 15) is 24.6 Å². The highest BCUT2D eigenvalue weighted by Gasteiger charge is 2.24. The van der Waals surface area contributed by atoms with Crippen LogP contribution in [0, 0.1) is 0 Å². The monoisotopic (exact) mass is 512 g/mol. The molecule has 0 spiro atoms. The Kier molecular flexibility index (Phi) is 11.8. The number of esters is 2. The lowest BCUT2D eigenvalue weighted by Crippen LogP contribution is -2.25. The summed E-state index contributed by atoms with van der Waals surface area (Å²) in [6.07, 6.45) is 9.26. The SMILES string of the molecule is CON=CC=CC(=O)NC=CCC1CC(=O)OC(C)C=CC(O)C(C)=CCc2cccc(O)c2C(=O)O1. The van der Waals surface area contributed by atoms with Crippen LogP contribution in [0.2, 0.25) is 0 Å². The van der Waals surface area contributed by atoms with Gasteiger partial charge >= 0.3 is 11.9 Å². The number of aliphatic hydroxyl groups is 1. The summed E-state index contributed by atoms with van der Waals surface area (Å²) in [5.41, 5.74) is 1.09. The number of aliphatic hydroxyl groups excluding tert-OH is 1. The lowest BCUT2D eigenvalue weighted by atomic mass is 10.0. The number of carbonyl (C=O) groups excluding carboxylic acids is 3. The van der Waals surface area contributed by atoms with Crippen LogP contribution in [-0.4, -0.2) is 59.7 Å². The first-order valence-electron chi connectivity index (χ1n) is 11.6. The highest BCUT2D eigenvalue weighted by Crippen LogP contribution is 2.25. The second kappa shape index (κ2) is 15.0. The van der Waals surface area contributed by atoms with Crippen LogP contribution in [0.3, 0.4) is 0 Å². The van der Waals surface area contributed by atoms with Crippen LogP contribution in [-0.2, 0) is 30.3 Å². The maximum Gasteiger partial charge on any atom is 0.342 e. The molecule has 0 saturated carbocycles. The molecule has 3 unspecified atom stereocenters. The number of nitrogens with one attached hydrogen (secondary N) is 1. The molecule has 198 valence electrons. The predicted octanol–water partition coefficient (Wildman–Crippen LogP) is 2.87. The predicted molar refractivity (Wildman–Crippen MR) is 137 cm³/mol. The molecule has 0 fully saturated rings. The number of hydrogen-bond donors (Lipinski definition) is 3. The molecule has 0 saturated heterocycles. The highest BCUT2D eigenvalue weighted by atomic mass is 16.6. The Hall–Kier alpha value is -4.18. The van der Waals surface area contributed by atoms with Crippen LogP contribution in [0.5, 0.6) is 5.75 Å². The Morgan fingerprint density at radius 3 is 2.81 bits per heavy atom. The second-order valence-electron chi connectivity index (χ2n) is 8.16. The van der Waals surface area contributed by atoms with E-state index < -0.39 is 36.2 Å². The van der Waals surface area contributed by atoms with Gasteiger partial charge in [-0.2, -0.15) is 0 Å². The summed E-state index contributed by atoms with van der Waals surface area (Å²) in [5, 5.41) is 26.7. The zero-order chi connectivity index (χ0) is 27.2. The van der Waals surface area contributed by atoms with Crippen LogP contribution in [0.1, 0.15) is 42.6 Å². The molecule has 1 aromatic carbocycles. The lowest BCUT2D eigenvalue weighted by Gasteiger charge is -2.18. The third-order valence-corrected chi connectivity index (χ3v) is 5.24. The molecule has 1 aliphatic rings. The van der Waals surface area contributed by atoms with E-state index in [4.69, 9.17) is 9.47 Å². The number of cyclic esters (lactones) is 2. The number of phenols is 1. The molecule has 1 amide bonds. The fourth-order valence-electron chi connectivity index (χ4n) is 3.30. The van der Waals surface area contributed by atoms with Crippen molar-refractivity contribution < 1.29 is 38.9 Å². The van der Waals surface area contributed by atoms with Crippen molar-refractivity contribution in [3.05, 3.63) is 77.6 Å². The minimum Gasteiger partial charge on any atom is -0.507 e. The van der Waals surface area contributed by atoms with Crippen molar-refractivity contribution in [1.29, 1.82) is 0 Å². The maximum absolute atomic E-state index is 13.1. The second-order valence-corrected chi connectivity index (χ2v) is 8.16. The molecular weight excluding hydrogens is 480 g/mol. The average Bonchev–Trinajstić information content (AvgIpc) is 2.85. The van der Waals surface area contributed by atoms with Crippen LogP contribution < -0.4 is 5.32 Å². The Bertz CT molecular complexity index is 1100. The summed E-state index contributed by atoms with van der Waals surface area (Å²) >= 11 is 0. The van der Waals surface area contributed by atoms with E-state index in [1.807, 2.05) is 0 Å². The lowest BCUT2D eigenvalue weighted by molar-refractivity contribution is -0.148. The molecule has 0 radical (unpaired) electrons. The quantitative estimate of drug-likeness (QED) is 0.174. The topological polar surface area (TPSA) is 144 Å². The van der Waals surface area contributed by atoms with Crippen molar-refractivity contribution >= 4 is 24.1 Å². The van der Waals surface area contributed by atoms with Crippen LogP contribution >= 0.6 is 0 Å². The number of aromatic hydroxyl groups is 1. The molecule has 1 aliphatic heterocycles. The summed E-state index contributed by atoms with van der Waals surface area (Å²) in [6, 6.07) is 4.65. The first-order chi connectivity index (χ1) is 17.7. The van der Waals surface area contributed by atoms with Gasteiger partial charge in [0.25, 0.3) is 0 Å². The number of benzene rings is 1. The number of ether oxygens (including phenoxy) is 2. The maximum atomic E-state index is 13.1. The minimum atomic E-state index is -0.936. The number of oxime groups is 1. The number of phenolic OH excluding ortho intramolecular Hbond substituents is 1. The summed E-state index contributed by atoms with van der Waals surface area (Å²) in [6.45, 7) is 3.38. The van der Waals surface area contributed by atoms with E-state index in [0.29, 0.717) is 11.1 Å². The molecule has 1 heterocycles. The number of fused-ring (bicyclic) bond motifs is 1. The van der Waals surface area contributed by atoms with Crippen molar-refractivity contribution in [2.24, 2.45) is 5.16 Å². The number of hydrogen-bond acceptors (Lipinski definition) is 9. The van der Waals surface area contributed by atoms with Crippen molar-refractivity contribution in [1.82, 2.24) is 5.32 Å². The smallest absolute Gasteiger partial charge is 0.342 e. The van der Waals surface area contributed by atoms with Gasteiger partial charge in [-0.3, -0.25) is 9.59 Å². The Morgan fingerprint density at radius 2 is 2.05 bits per heavy atom. The Labute approximate surface area is 215 Å². The molecule has 0 aliphatic carbocycles. The molecule has 10 heteroatoms. The van der Waals surface area contributed by atoms with Gasteiger partial charge in [-0.15, -0.1) is 0 Å². The van der Waals surface area contributed by atoms with Gasteiger partial charge in [0.15, 0.2) is 0 Å². The molecule has 0 aromatic heterocycles. The largest absolute Gasteiger partial charge is 0.507 e. The standard InChI is InChI=1S/C27H32N2O8/c1-18-11-13-20-7-4-9-23(31)26(20)27(34)37-21(17-25(33)36-19(2)12-14-22(18)30)8-5-15-28-24(32)10-6-16-29-35-3/h4-7,9-12,14-16,19,21-22,30-31H,8,13,17H2,1-3H3,(H,28,32). The van der Waals surface area contributed by atoms with Crippen molar-refractivity contribution in [3.63, 3.8) is 0 Å². The number of nitrogens with zero attached hydrogens (tertiary/aromatic N) is 1. The van der Waals surface area contributed by atoms with Crippen molar-refractivity contribution in [2.45, 2.75) is 51.4 Å². The molecule has 3 atom stereocenters. The third-order valence-electron chi connectivity index (χ3n) is 5.24. The zero-order valence-corrected chi connectivity index (χ0v) is 21.0. The number of amides is 1. The Balaban J connectivity index is 2.25. The molecule has 3 N–H and O–H groups in total. The number of rotatable bonds is 6. The fourth-order valence-corrected chi connectivity index (χ4v) is 3.30. The van der Waals surface area contributed by atoms with Crippen molar-refractivity contribution in [2.75, 3.05) is 7.11 Å². The van der Waals surface area contributed by atoms with Gasteiger partial charge in [-0.1, -0.05) is 35.5 Å². The normalized spacial score (nSPS) is 21.6. The minimum absolute atomic E-state index is 0.0293. The average molecular weight is 513 g/mol. The van der Waals surface area contributed by atoms with Gasteiger partial charge in [-0.05, 0) is 49.6 Å². The van der Waals surface area contributed by atoms with Gasteiger partial charge in [-0.25, -0.2) is 4.79 Å². The van der Waals surface area contributed by atoms with Gasteiger partial charge < -0.3 is 29.8 Å². The third kappa shape index (κ3) is 10.1. The van der Waals surface area contributed by atoms with E-state index in [1.54, 1.807) is 38.1 Å². The van der Waals surface area contributed by atoms with E-state index in [1.165, 1.54) is 49.9 Å². The van der Waals surface area contributed by atoms with Gasteiger partial charge in [0.2, 0.25) is 5.91 Å². The highest BCUT2D eigenvalue weighted by molar-refractivity contribution is 5.94. The molecule has 0 bridgehead atoms. The molecule has 10 nitrogen and oxygen atoms in total. The number of allylic oxidation sites excluding steroid dienone is 2. The van der Waals surface area contributed by atoms with Gasteiger partial charge in [0.05, 0.1) is 18.7 Å². The van der Waals surface area contributed by atoms with Crippen molar-refractivity contribution in [3.8, 4) is 5.75 Å². The summed E-state index contributed by atoms with van der Waals surface area (Å²) in [7, 11) is 1.38. The van der Waals surface area contributed by atoms with E-state index in [-0.39, 0.29) is 30.6 Å².